The first-order valence-corrected chi connectivity index (χ1v) is 3.61. The van der Waals surface area contributed by atoms with E-state index in [0.717, 1.165) is 0 Å². The molecular formula is C8H14O3. The maximum absolute atomic E-state index is 10.3. The molecule has 11 heavy (non-hydrogen) atoms. The summed E-state index contributed by atoms with van der Waals surface area (Å²) in [6.45, 7) is 5.85. The molecule has 0 aromatic carbocycles. The highest BCUT2D eigenvalue weighted by molar-refractivity contribution is 5.85. The predicted molar refractivity (Wildman–Crippen MR) is 42.5 cm³/mol. The number of ether oxygens (including phenoxy) is 1. The van der Waals surface area contributed by atoms with Gasteiger partial charge in [0, 0.05) is 12.2 Å². The summed E-state index contributed by atoms with van der Waals surface area (Å²) >= 11 is 0. The Labute approximate surface area is 66.7 Å². The third-order valence-electron chi connectivity index (χ3n) is 1.25. The summed E-state index contributed by atoms with van der Waals surface area (Å²) in [7, 11) is 0. The lowest BCUT2D eigenvalue weighted by molar-refractivity contribution is -0.132. The molecule has 0 aliphatic rings. The number of carboxylic acid groups (broad SMARTS) is 1. The second-order valence-corrected chi connectivity index (χ2v) is 2.32. The Hall–Kier alpha value is -0.830. The number of hydrogen-bond donors (Lipinski definition) is 1. The number of carbonyl (C=O) groups is 1. The molecule has 0 aliphatic heterocycles. The van der Waals surface area contributed by atoms with E-state index in [4.69, 9.17) is 9.84 Å². The van der Waals surface area contributed by atoms with Crippen LogP contribution in [-0.4, -0.2) is 23.8 Å². The van der Waals surface area contributed by atoms with Crippen molar-refractivity contribution >= 4 is 5.97 Å². The van der Waals surface area contributed by atoms with E-state index >= 15 is 0 Å². The fourth-order valence-corrected chi connectivity index (χ4v) is 0.734. The zero-order valence-electron chi connectivity index (χ0n) is 7.13. The topological polar surface area (TPSA) is 46.5 Å². The lowest BCUT2D eigenvalue weighted by Gasteiger charge is -2.05. The van der Waals surface area contributed by atoms with Gasteiger partial charge in [0.05, 0.1) is 6.10 Å². The summed E-state index contributed by atoms with van der Waals surface area (Å²) < 4.78 is 5.12. The molecule has 0 radical (unpaired) electrons. The Morgan fingerprint density at radius 2 is 2.27 bits per heavy atom. The third-order valence-corrected chi connectivity index (χ3v) is 1.25. The molecule has 0 aromatic rings. The number of rotatable bonds is 4. The van der Waals surface area contributed by atoms with Gasteiger partial charge in [-0.1, -0.05) is 0 Å². The molecular weight excluding hydrogens is 144 g/mol. The van der Waals surface area contributed by atoms with Gasteiger partial charge >= 0.3 is 5.97 Å². The van der Waals surface area contributed by atoms with Gasteiger partial charge in [-0.05, 0) is 26.8 Å². The van der Waals surface area contributed by atoms with Gasteiger partial charge in [0.15, 0.2) is 0 Å². The van der Waals surface area contributed by atoms with E-state index in [9.17, 15) is 4.79 Å². The minimum atomic E-state index is -0.892. The van der Waals surface area contributed by atoms with Crippen molar-refractivity contribution in [3.63, 3.8) is 0 Å². The van der Waals surface area contributed by atoms with Gasteiger partial charge in [-0.3, -0.25) is 0 Å². The smallest absolute Gasteiger partial charge is 0.331 e. The van der Waals surface area contributed by atoms with Crippen molar-refractivity contribution in [2.45, 2.75) is 26.9 Å². The molecule has 0 saturated heterocycles. The van der Waals surface area contributed by atoms with Crippen molar-refractivity contribution in [2.24, 2.45) is 0 Å². The summed E-state index contributed by atoms with van der Waals surface area (Å²) in [5.41, 5.74) is 0.325. The second-order valence-electron chi connectivity index (χ2n) is 2.32. The van der Waals surface area contributed by atoms with Crippen LogP contribution in [0.4, 0.5) is 0 Å². The zero-order valence-corrected chi connectivity index (χ0v) is 7.13. The summed E-state index contributed by atoms with van der Waals surface area (Å²) in [5, 5.41) is 8.48. The molecule has 0 saturated carbocycles. The highest BCUT2D eigenvalue weighted by atomic mass is 16.5. The standard InChI is InChI=1S/C8H14O3/c1-4-11-7(3)5-6(2)8(9)10/h5,7H,4H2,1-3H3,(H,9,10). The molecule has 0 fully saturated rings. The molecule has 0 bridgehead atoms. The van der Waals surface area contributed by atoms with Gasteiger partial charge < -0.3 is 9.84 Å². The van der Waals surface area contributed by atoms with Gasteiger partial charge in [-0.2, -0.15) is 0 Å². The van der Waals surface area contributed by atoms with Gasteiger partial charge in [0.2, 0.25) is 0 Å². The Balaban J connectivity index is 3.96. The van der Waals surface area contributed by atoms with Crippen molar-refractivity contribution in [3.05, 3.63) is 11.6 Å². The van der Waals surface area contributed by atoms with E-state index in [0.29, 0.717) is 12.2 Å². The van der Waals surface area contributed by atoms with Crippen molar-refractivity contribution < 1.29 is 14.6 Å². The summed E-state index contributed by atoms with van der Waals surface area (Å²) in [6, 6.07) is 0. The molecule has 1 unspecified atom stereocenters. The van der Waals surface area contributed by atoms with Crippen LogP contribution in [0.5, 0.6) is 0 Å². The number of aliphatic carboxylic acids is 1. The molecule has 0 heterocycles. The Morgan fingerprint density at radius 1 is 1.73 bits per heavy atom. The second kappa shape index (κ2) is 4.91. The largest absolute Gasteiger partial charge is 0.478 e. The first-order chi connectivity index (χ1) is 5.07. The molecule has 1 N–H and O–H groups in total. The normalized spacial score (nSPS) is 14.6. The molecule has 1 atom stereocenters. The van der Waals surface area contributed by atoms with Gasteiger partial charge in [-0.15, -0.1) is 0 Å². The van der Waals surface area contributed by atoms with Gasteiger partial charge in [0.25, 0.3) is 0 Å². The summed E-state index contributed by atoms with van der Waals surface area (Å²) in [5.74, 6) is -0.892. The van der Waals surface area contributed by atoms with E-state index in [2.05, 4.69) is 0 Å². The Kier molecular flexibility index (Phi) is 4.54. The van der Waals surface area contributed by atoms with Gasteiger partial charge in [0.1, 0.15) is 0 Å². The van der Waals surface area contributed by atoms with Crippen LogP contribution in [0.25, 0.3) is 0 Å². The van der Waals surface area contributed by atoms with Crippen molar-refractivity contribution in [3.8, 4) is 0 Å². The first kappa shape index (κ1) is 10.2. The van der Waals surface area contributed by atoms with Crippen LogP contribution in [-0.2, 0) is 9.53 Å². The monoisotopic (exact) mass is 158 g/mol. The molecule has 0 aromatic heterocycles. The molecule has 3 heteroatoms. The maximum atomic E-state index is 10.3. The molecule has 3 nitrogen and oxygen atoms in total. The highest BCUT2D eigenvalue weighted by Crippen LogP contribution is 1.99. The SMILES string of the molecule is CCOC(C)C=C(C)C(=O)O. The van der Waals surface area contributed by atoms with Crippen LogP contribution in [0.15, 0.2) is 11.6 Å². The average Bonchev–Trinajstić information content (AvgIpc) is 1.87. The molecule has 0 rings (SSSR count). The van der Waals surface area contributed by atoms with Crippen LogP contribution in [0.3, 0.4) is 0 Å². The van der Waals surface area contributed by atoms with Crippen LogP contribution in [0.2, 0.25) is 0 Å². The summed E-state index contributed by atoms with van der Waals surface area (Å²) in [6.07, 6.45) is 1.47. The van der Waals surface area contributed by atoms with Crippen molar-refractivity contribution in [1.29, 1.82) is 0 Å². The van der Waals surface area contributed by atoms with E-state index in [-0.39, 0.29) is 6.10 Å². The quantitative estimate of drug-likeness (QED) is 0.630. The average molecular weight is 158 g/mol. The van der Waals surface area contributed by atoms with E-state index in [1.54, 1.807) is 13.0 Å². The van der Waals surface area contributed by atoms with Crippen LogP contribution < -0.4 is 0 Å². The Morgan fingerprint density at radius 3 is 2.64 bits per heavy atom. The zero-order chi connectivity index (χ0) is 8.85. The van der Waals surface area contributed by atoms with Gasteiger partial charge in [-0.25, -0.2) is 4.79 Å². The number of hydrogen-bond acceptors (Lipinski definition) is 2. The van der Waals surface area contributed by atoms with E-state index in [1.807, 2.05) is 13.8 Å². The van der Waals surface area contributed by atoms with E-state index in [1.165, 1.54) is 0 Å². The lowest BCUT2D eigenvalue weighted by Crippen LogP contribution is -2.07. The minimum Gasteiger partial charge on any atom is -0.478 e. The van der Waals surface area contributed by atoms with Crippen LogP contribution in [0, 0.1) is 0 Å². The highest BCUT2D eigenvalue weighted by Gasteiger charge is 2.02. The molecule has 0 amide bonds. The maximum Gasteiger partial charge on any atom is 0.331 e. The molecule has 0 spiro atoms. The fraction of sp³-hybridized carbons (Fsp3) is 0.625. The third kappa shape index (κ3) is 4.56. The van der Waals surface area contributed by atoms with Crippen LogP contribution in [0.1, 0.15) is 20.8 Å². The Bertz CT molecular complexity index is 161. The lowest BCUT2D eigenvalue weighted by atomic mass is 10.2. The molecule has 0 aliphatic carbocycles. The minimum absolute atomic E-state index is 0.115. The molecule has 64 valence electrons. The fourth-order valence-electron chi connectivity index (χ4n) is 0.734. The van der Waals surface area contributed by atoms with Crippen LogP contribution >= 0.6 is 0 Å². The van der Waals surface area contributed by atoms with Crippen molar-refractivity contribution in [2.75, 3.05) is 6.61 Å². The first-order valence-electron chi connectivity index (χ1n) is 3.61. The summed E-state index contributed by atoms with van der Waals surface area (Å²) in [4.78, 5) is 10.3. The van der Waals surface area contributed by atoms with E-state index < -0.39 is 5.97 Å². The van der Waals surface area contributed by atoms with Crippen molar-refractivity contribution in [1.82, 2.24) is 0 Å². The number of carboxylic acids is 1. The predicted octanol–water partition coefficient (Wildman–Crippen LogP) is 1.44.